The number of sulfonamides is 1. The van der Waals surface area contributed by atoms with Crippen molar-refractivity contribution in [2.24, 2.45) is 0 Å². The summed E-state index contributed by atoms with van der Waals surface area (Å²) in [6.45, 7) is 1.66. The molecule has 19 heavy (non-hydrogen) atoms. The maximum atomic E-state index is 11.9. The minimum absolute atomic E-state index is 0. The van der Waals surface area contributed by atoms with Crippen LogP contribution in [0.5, 0.6) is 0 Å². The van der Waals surface area contributed by atoms with Crippen molar-refractivity contribution in [2.45, 2.75) is 23.5 Å². The van der Waals surface area contributed by atoms with E-state index in [1.807, 2.05) is 0 Å². The third-order valence-corrected chi connectivity index (χ3v) is 4.40. The highest BCUT2D eigenvalue weighted by Crippen LogP contribution is 2.20. The SMILES string of the molecule is COCC1(CNS(=O)(=O)c2ccco2)CCCN1.Cl. The summed E-state index contributed by atoms with van der Waals surface area (Å²) in [5.74, 6) is 0. The molecule has 110 valence electrons. The van der Waals surface area contributed by atoms with E-state index in [4.69, 9.17) is 9.15 Å². The predicted molar refractivity (Wildman–Crippen MR) is 73.0 cm³/mol. The molecular formula is C11H19ClN2O4S. The number of rotatable bonds is 6. The van der Waals surface area contributed by atoms with E-state index in [1.54, 1.807) is 13.2 Å². The molecule has 0 spiro atoms. The first kappa shape index (κ1) is 16.5. The van der Waals surface area contributed by atoms with Crippen LogP contribution in [0, 0.1) is 0 Å². The monoisotopic (exact) mass is 310 g/mol. The predicted octanol–water partition coefficient (Wildman–Crippen LogP) is 0.748. The third kappa shape index (κ3) is 3.93. The maximum Gasteiger partial charge on any atom is 0.274 e. The summed E-state index contributed by atoms with van der Waals surface area (Å²) in [6, 6.07) is 2.97. The molecule has 2 heterocycles. The van der Waals surface area contributed by atoms with Crippen LogP contribution in [0.3, 0.4) is 0 Å². The van der Waals surface area contributed by atoms with Gasteiger partial charge in [-0.25, -0.2) is 13.1 Å². The smallest absolute Gasteiger partial charge is 0.274 e. The number of hydrogen-bond acceptors (Lipinski definition) is 5. The van der Waals surface area contributed by atoms with Crippen LogP contribution >= 0.6 is 12.4 Å². The van der Waals surface area contributed by atoms with Crippen LogP contribution in [0.25, 0.3) is 0 Å². The number of furan rings is 1. The van der Waals surface area contributed by atoms with Crippen LogP contribution in [0.1, 0.15) is 12.8 Å². The first-order valence-corrected chi connectivity index (χ1v) is 7.33. The summed E-state index contributed by atoms with van der Waals surface area (Å²) in [5.41, 5.74) is -0.311. The van der Waals surface area contributed by atoms with Gasteiger partial charge >= 0.3 is 0 Å². The second kappa shape index (κ2) is 6.71. The molecule has 2 N–H and O–H groups in total. The molecular weight excluding hydrogens is 292 g/mol. The molecule has 0 bridgehead atoms. The van der Waals surface area contributed by atoms with Gasteiger partial charge in [0.05, 0.1) is 18.4 Å². The highest BCUT2D eigenvalue weighted by atomic mass is 35.5. The van der Waals surface area contributed by atoms with Gasteiger partial charge in [0.15, 0.2) is 0 Å². The minimum atomic E-state index is -3.57. The molecule has 0 saturated carbocycles. The van der Waals surface area contributed by atoms with E-state index >= 15 is 0 Å². The fourth-order valence-corrected chi connectivity index (χ4v) is 3.24. The van der Waals surface area contributed by atoms with E-state index in [2.05, 4.69) is 10.0 Å². The normalized spacial score (nSPS) is 23.2. The van der Waals surface area contributed by atoms with Crippen molar-refractivity contribution in [2.75, 3.05) is 26.8 Å². The molecule has 0 radical (unpaired) electrons. The van der Waals surface area contributed by atoms with Crippen molar-refractivity contribution in [3.8, 4) is 0 Å². The highest BCUT2D eigenvalue weighted by molar-refractivity contribution is 7.89. The Balaban J connectivity index is 0.00000180. The van der Waals surface area contributed by atoms with E-state index < -0.39 is 10.0 Å². The van der Waals surface area contributed by atoms with Gasteiger partial charge in [0.1, 0.15) is 0 Å². The molecule has 0 aliphatic carbocycles. The van der Waals surface area contributed by atoms with Gasteiger partial charge in [0.2, 0.25) is 5.09 Å². The van der Waals surface area contributed by atoms with Crippen LogP contribution in [-0.2, 0) is 14.8 Å². The van der Waals surface area contributed by atoms with E-state index in [9.17, 15) is 8.42 Å². The van der Waals surface area contributed by atoms with Crippen molar-refractivity contribution in [3.05, 3.63) is 18.4 Å². The molecule has 1 aromatic heterocycles. The van der Waals surface area contributed by atoms with Gasteiger partial charge in [-0.3, -0.25) is 0 Å². The number of ether oxygens (including phenoxy) is 1. The Morgan fingerprint density at radius 2 is 2.37 bits per heavy atom. The Hall–Kier alpha value is -0.600. The molecule has 1 atom stereocenters. The van der Waals surface area contributed by atoms with Crippen LogP contribution in [0.2, 0.25) is 0 Å². The molecule has 6 nitrogen and oxygen atoms in total. The number of methoxy groups -OCH3 is 1. The average Bonchev–Trinajstić information content (AvgIpc) is 2.99. The Kier molecular flexibility index (Phi) is 5.82. The van der Waals surface area contributed by atoms with Gasteiger partial charge in [-0.1, -0.05) is 0 Å². The molecule has 1 aromatic rings. The zero-order valence-electron chi connectivity index (χ0n) is 10.7. The van der Waals surface area contributed by atoms with Gasteiger partial charge < -0.3 is 14.5 Å². The van der Waals surface area contributed by atoms with Crippen molar-refractivity contribution < 1.29 is 17.6 Å². The lowest BCUT2D eigenvalue weighted by molar-refractivity contribution is 0.122. The molecule has 1 aliphatic heterocycles. The first-order valence-electron chi connectivity index (χ1n) is 5.85. The summed E-state index contributed by atoms with van der Waals surface area (Å²) >= 11 is 0. The lowest BCUT2D eigenvalue weighted by Crippen LogP contribution is -2.52. The summed E-state index contributed by atoms with van der Waals surface area (Å²) in [4.78, 5) is 0. The summed E-state index contributed by atoms with van der Waals surface area (Å²) in [6.07, 6.45) is 3.25. The molecule has 1 unspecified atom stereocenters. The minimum Gasteiger partial charge on any atom is -0.452 e. The van der Waals surface area contributed by atoms with E-state index in [0.29, 0.717) is 13.2 Å². The second-order valence-corrected chi connectivity index (χ2v) is 6.20. The van der Waals surface area contributed by atoms with Crippen molar-refractivity contribution in [3.63, 3.8) is 0 Å². The number of hydrogen-bond donors (Lipinski definition) is 2. The van der Waals surface area contributed by atoms with Crippen LogP contribution in [-0.4, -0.2) is 40.8 Å². The van der Waals surface area contributed by atoms with Crippen LogP contribution in [0.4, 0.5) is 0 Å². The van der Waals surface area contributed by atoms with E-state index in [1.165, 1.54) is 12.3 Å². The summed E-state index contributed by atoms with van der Waals surface area (Å²) < 4.78 is 36.5. The topological polar surface area (TPSA) is 80.6 Å². The first-order chi connectivity index (χ1) is 8.58. The van der Waals surface area contributed by atoms with Gasteiger partial charge in [-0.05, 0) is 31.5 Å². The second-order valence-electron chi connectivity index (χ2n) is 4.50. The fraction of sp³-hybridized carbons (Fsp3) is 0.636. The molecule has 0 aromatic carbocycles. The molecule has 8 heteroatoms. The van der Waals surface area contributed by atoms with Crippen molar-refractivity contribution >= 4 is 22.4 Å². The van der Waals surface area contributed by atoms with Crippen LogP contribution in [0.15, 0.2) is 27.9 Å². The lowest BCUT2D eigenvalue weighted by Gasteiger charge is -2.28. The Bertz CT molecular complexity index is 469. The van der Waals surface area contributed by atoms with Crippen molar-refractivity contribution in [1.82, 2.24) is 10.0 Å². The number of nitrogens with one attached hydrogen (secondary N) is 2. The lowest BCUT2D eigenvalue weighted by atomic mass is 9.99. The molecule has 1 fully saturated rings. The van der Waals surface area contributed by atoms with E-state index in [0.717, 1.165) is 19.4 Å². The number of halogens is 1. The highest BCUT2D eigenvalue weighted by Gasteiger charge is 2.35. The third-order valence-electron chi connectivity index (χ3n) is 3.11. The Morgan fingerprint density at radius 1 is 1.58 bits per heavy atom. The molecule has 1 saturated heterocycles. The quantitative estimate of drug-likeness (QED) is 0.810. The summed E-state index contributed by atoms with van der Waals surface area (Å²) in [7, 11) is -1.96. The Labute approximate surface area is 119 Å². The summed E-state index contributed by atoms with van der Waals surface area (Å²) in [5, 5.41) is 3.24. The molecule has 2 rings (SSSR count). The standard InChI is InChI=1S/C11H18N2O4S.ClH/c1-16-9-11(5-3-6-12-11)8-13-18(14,15)10-4-2-7-17-10;/h2,4,7,12-13H,3,5-6,8-9H2,1H3;1H. The maximum absolute atomic E-state index is 11.9. The zero-order valence-corrected chi connectivity index (χ0v) is 12.4. The van der Waals surface area contributed by atoms with Gasteiger partial charge in [0.25, 0.3) is 10.0 Å². The largest absolute Gasteiger partial charge is 0.452 e. The fourth-order valence-electron chi connectivity index (χ4n) is 2.19. The van der Waals surface area contributed by atoms with E-state index in [-0.39, 0.29) is 23.0 Å². The van der Waals surface area contributed by atoms with Crippen LogP contribution < -0.4 is 10.0 Å². The van der Waals surface area contributed by atoms with Crippen molar-refractivity contribution in [1.29, 1.82) is 0 Å². The average molecular weight is 311 g/mol. The molecule has 0 amide bonds. The zero-order chi connectivity index (χ0) is 13.1. The Morgan fingerprint density at radius 3 is 2.89 bits per heavy atom. The van der Waals surface area contributed by atoms with Gasteiger partial charge in [-0.2, -0.15) is 0 Å². The van der Waals surface area contributed by atoms with Gasteiger partial charge in [-0.15, -0.1) is 12.4 Å². The molecule has 1 aliphatic rings. The van der Waals surface area contributed by atoms with Gasteiger partial charge in [0, 0.05) is 13.7 Å².